The monoisotopic (exact) mass is 313 g/mol. The number of nitro benzene ring substituents is 1. The molecule has 0 aliphatic carbocycles. The highest BCUT2D eigenvalue weighted by Crippen LogP contribution is 2.34. The number of piperazine rings is 1. The molecule has 0 saturated carbocycles. The molecule has 22 heavy (non-hydrogen) atoms. The molecule has 1 aliphatic heterocycles. The minimum Gasteiger partial charge on any atom is -0.494 e. The molecule has 0 unspecified atom stereocenters. The molecule has 1 saturated heterocycles. The minimum absolute atomic E-state index is 0.00740. The first-order valence-electron chi connectivity index (χ1n) is 7.09. The molecule has 0 radical (unpaired) electrons. The molecule has 1 aliphatic rings. The van der Waals surface area contributed by atoms with E-state index in [4.69, 9.17) is 4.74 Å². The van der Waals surface area contributed by atoms with Gasteiger partial charge in [-0.25, -0.2) is 4.39 Å². The van der Waals surface area contributed by atoms with Crippen molar-refractivity contribution in [3.8, 4) is 5.75 Å². The molecule has 0 aromatic heterocycles. The Morgan fingerprint density at radius 3 is 2.55 bits per heavy atom. The Hall–Kier alpha value is -1.93. The fourth-order valence-electron chi connectivity index (χ4n) is 2.63. The van der Waals surface area contributed by atoms with Crippen molar-refractivity contribution in [3.63, 3.8) is 0 Å². The maximum Gasteiger partial charge on any atom is 0.295 e. The molecule has 1 atom stereocenters. The number of aliphatic hydroxyl groups is 1. The molecule has 0 spiro atoms. The Bertz CT molecular complexity index is 545. The third-order valence-corrected chi connectivity index (χ3v) is 3.68. The van der Waals surface area contributed by atoms with Crippen LogP contribution in [0.5, 0.6) is 5.75 Å². The fraction of sp³-hybridized carbons (Fsp3) is 0.571. The lowest BCUT2D eigenvalue weighted by Crippen LogP contribution is -2.48. The van der Waals surface area contributed by atoms with Crippen LogP contribution in [0.4, 0.5) is 15.8 Å². The Morgan fingerprint density at radius 1 is 1.41 bits per heavy atom. The lowest BCUT2D eigenvalue weighted by atomic mass is 10.2. The van der Waals surface area contributed by atoms with Crippen LogP contribution in [0.2, 0.25) is 0 Å². The molecule has 2 rings (SSSR count). The van der Waals surface area contributed by atoms with Gasteiger partial charge in [-0.2, -0.15) is 0 Å². The Morgan fingerprint density at radius 2 is 2.05 bits per heavy atom. The van der Waals surface area contributed by atoms with E-state index >= 15 is 0 Å². The summed E-state index contributed by atoms with van der Waals surface area (Å²) < 4.78 is 18.6. The van der Waals surface area contributed by atoms with Crippen molar-refractivity contribution in [2.24, 2.45) is 0 Å². The van der Waals surface area contributed by atoms with Gasteiger partial charge in [0.25, 0.3) is 5.69 Å². The molecule has 1 N–H and O–H groups in total. The van der Waals surface area contributed by atoms with Crippen LogP contribution in [0, 0.1) is 15.9 Å². The highest BCUT2D eigenvalue weighted by atomic mass is 19.1. The van der Waals surface area contributed by atoms with Crippen LogP contribution in [0.3, 0.4) is 0 Å². The number of hydrogen-bond donors (Lipinski definition) is 1. The van der Waals surface area contributed by atoms with Gasteiger partial charge in [0.05, 0.1) is 24.2 Å². The topological polar surface area (TPSA) is 79.1 Å². The number of nitro groups is 1. The number of anilines is 1. The number of methoxy groups -OCH3 is 1. The number of β-amino-alcohol motifs (C(OH)–C–C–N with tert-alkyl or cyclic N) is 1. The second-order valence-corrected chi connectivity index (χ2v) is 5.37. The van der Waals surface area contributed by atoms with Crippen LogP contribution in [0.25, 0.3) is 0 Å². The standard InChI is InChI=1S/C14H20FN3O4/c1-10(19)9-16-3-5-17(6-4-16)12-8-14(22-2)11(15)7-13(12)18(20)21/h7-8,10,19H,3-6,9H2,1-2H3/t10-/m1/s1. The van der Waals surface area contributed by atoms with Crippen molar-refractivity contribution in [1.29, 1.82) is 0 Å². The van der Waals surface area contributed by atoms with Crippen LogP contribution in [0.15, 0.2) is 12.1 Å². The molecular formula is C14H20FN3O4. The molecular weight excluding hydrogens is 293 g/mol. The van der Waals surface area contributed by atoms with Gasteiger partial charge in [-0.3, -0.25) is 15.0 Å². The zero-order valence-corrected chi connectivity index (χ0v) is 12.7. The summed E-state index contributed by atoms with van der Waals surface area (Å²) in [6, 6.07) is 2.27. The maximum absolute atomic E-state index is 13.7. The summed E-state index contributed by atoms with van der Waals surface area (Å²) in [6.07, 6.45) is -0.410. The smallest absolute Gasteiger partial charge is 0.295 e. The highest BCUT2D eigenvalue weighted by Gasteiger charge is 2.26. The van der Waals surface area contributed by atoms with Gasteiger partial charge in [-0.15, -0.1) is 0 Å². The fourth-order valence-corrected chi connectivity index (χ4v) is 2.63. The number of halogens is 1. The summed E-state index contributed by atoms with van der Waals surface area (Å²) in [5, 5.41) is 20.6. The molecule has 1 fully saturated rings. The molecule has 0 bridgehead atoms. The van der Waals surface area contributed by atoms with Gasteiger partial charge in [0.15, 0.2) is 11.6 Å². The van der Waals surface area contributed by atoms with Crippen molar-refractivity contribution in [2.45, 2.75) is 13.0 Å². The van der Waals surface area contributed by atoms with Gasteiger partial charge in [-0.1, -0.05) is 0 Å². The predicted molar refractivity (Wildman–Crippen MR) is 79.9 cm³/mol. The van der Waals surface area contributed by atoms with E-state index < -0.39 is 16.8 Å². The average molecular weight is 313 g/mol. The normalized spacial score (nSPS) is 17.4. The summed E-state index contributed by atoms with van der Waals surface area (Å²) in [7, 11) is 1.33. The molecule has 0 amide bonds. The number of aliphatic hydroxyl groups excluding tert-OH is 1. The van der Waals surface area contributed by atoms with E-state index in [1.807, 2.05) is 4.90 Å². The molecule has 122 valence electrons. The van der Waals surface area contributed by atoms with Crippen LogP contribution >= 0.6 is 0 Å². The van der Waals surface area contributed by atoms with Crippen molar-refractivity contribution >= 4 is 11.4 Å². The lowest BCUT2D eigenvalue weighted by molar-refractivity contribution is -0.384. The average Bonchev–Trinajstić information content (AvgIpc) is 2.47. The zero-order valence-electron chi connectivity index (χ0n) is 12.7. The van der Waals surface area contributed by atoms with Gasteiger partial charge >= 0.3 is 0 Å². The van der Waals surface area contributed by atoms with E-state index in [0.29, 0.717) is 38.4 Å². The molecule has 7 nitrogen and oxygen atoms in total. The number of benzene rings is 1. The maximum atomic E-state index is 13.7. The second-order valence-electron chi connectivity index (χ2n) is 5.37. The third kappa shape index (κ3) is 3.63. The predicted octanol–water partition coefficient (Wildman–Crippen LogP) is 1.25. The van der Waals surface area contributed by atoms with E-state index in [2.05, 4.69) is 4.90 Å². The Balaban J connectivity index is 2.20. The van der Waals surface area contributed by atoms with E-state index in [9.17, 15) is 19.6 Å². The first kappa shape index (κ1) is 16.4. The van der Waals surface area contributed by atoms with Gasteiger partial charge in [0, 0.05) is 38.8 Å². The summed E-state index contributed by atoms with van der Waals surface area (Å²) in [4.78, 5) is 14.5. The third-order valence-electron chi connectivity index (χ3n) is 3.68. The highest BCUT2D eigenvalue weighted by molar-refractivity contribution is 5.66. The summed E-state index contributed by atoms with van der Waals surface area (Å²) in [5.74, 6) is -0.752. The molecule has 8 heteroatoms. The SMILES string of the molecule is COc1cc(N2CCN(C[C@@H](C)O)CC2)c([N+](=O)[O-])cc1F. The summed E-state index contributed by atoms with van der Waals surface area (Å²) >= 11 is 0. The number of hydrogen-bond acceptors (Lipinski definition) is 6. The Kier molecular flexibility index (Phi) is 5.15. The first-order chi connectivity index (χ1) is 10.4. The van der Waals surface area contributed by atoms with Gasteiger partial charge in [0.1, 0.15) is 5.69 Å². The molecule has 1 aromatic carbocycles. The van der Waals surface area contributed by atoms with Crippen LogP contribution in [-0.2, 0) is 0 Å². The summed E-state index contributed by atoms with van der Waals surface area (Å²) in [5.41, 5.74) is 0.0993. The van der Waals surface area contributed by atoms with Crippen molar-refractivity contribution in [1.82, 2.24) is 4.90 Å². The lowest BCUT2D eigenvalue weighted by Gasteiger charge is -2.36. The number of nitrogens with zero attached hydrogens (tertiary/aromatic N) is 3. The van der Waals surface area contributed by atoms with Crippen molar-refractivity contribution in [3.05, 3.63) is 28.1 Å². The van der Waals surface area contributed by atoms with E-state index in [1.54, 1.807) is 6.92 Å². The van der Waals surface area contributed by atoms with Gasteiger partial charge in [-0.05, 0) is 6.92 Å². The van der Waals surface area contributed by atoms with Crippen LogP contribution < -0.4 is 9.64 Å². The Labute approximate surface area is 128 Å². The van der Waals surface area contributed by atoms with E-state index in [-0.39, 0.29) is 11.4 Å². The van der Waals surface area contributed by atoms with Gasteiger partial charge in [0.2, 0.25) is 0 Å². The first-order valence-corrected chi connectivity index (χ1v) is 7.09. The van der Waals surface area contributed by atoms with E-state index in [1.165, 1.54) is 13.2 Å². The summed E-state index contributed by atoms with van der Waals surface area (Å²) in [6.45, 7) is 4.80. The largest absolute Gasteiger partial charge is 0.494 e. The van der Waals surface area contributed by atoms with Gasteiger partial charge < -0.3 is 14.7 Å². The zero-order chi connectivity index (χ0) is 16.3. The van der Waals surface area contributed by atoms with Crippen molar-refractivity contribution < 1.29 is 19.2 Å². The van der Waals surface area contributed by atoms with Crippen LogP contribution in [-0.4, -0.2) is 60.9 Å². The number of rotatable bonds is 5. The van der Waals surface area contributed by atoms with E-state index in [0.717, 1.165) is 6.07 Å². The number of ether oxygens (including phenoxy) is 1. The second kappa shape index (κ2) is 6.89. The van der Waals surface area contributed by atoms with Crippen molar-refractivity contribution in [2.75, 3.05) is 44.7 Å². The minimum atomic E-state index is -0.745. The quantitative estimate of drug-likeness (QED) is 0.651. The molecule has 1 heterocycles. The van der Waals surface area contributed by atoms with Crippen LogP contribution in [0.1, 0.15) is 6.92 Å². The molecule has 1 aromatic rings.